The Hall–Kier alpha value is -2.14. The molecule has 1 aromatic carbocycles. The molecular weight excluding hydrogens is 268 g/mol. The van der Waals surface area contributed by atoms with Crippen molar-refractivity contribution in [1.82, 2.24) is 9.88 Å². The predicted molar refractivity (Wildman–Crippen MR) is 79.5 cm³/mol. The normalized spacial score (nSPS) is 11.1. The van der Waals surface area contributed by atoms with E-state index in [2.05, 4.69) is 4.98 Å². The quantitative estimate of drug-likeness (QED) is 0.765. The van der Waals surface area contributed by atoms with E-state index in [0.717, 1.165) is 11.3 Å². The number of rotatable bonds is 6. The molecule has 0 aliphatic carbocycles. The van der Waals surface area contributed by atoms with Gasteiger partial charge in [-0.05, 0) is 13.8 Å². The highest BCUT2D eigenvalue weighted by Gasteiger charge is 2.17. The van der Waals surface area contributed by atoms with E-state index in [1.165, 1.54) is 7.11 Å². The summed E-state index contributed by atoms with van der Waals surface area (Å²) in [5.41, 5.74) is 0.986. The number of hydrogen-bond acceptors (Lipinski definition) is 5. The molecular formula is C16H20N2O3. The molecule has 1 aromatic heterocycles. The first kappa shape index (κ1) is 15.3. The molecule has 0 aliphatic rings. The van der Waals surface area contributed by atoms with Crippen LogP contribution in [0.2, 0.25) is 0 Å². The Bertz CT molecular complexity index is 578. The Kier molecular flexibility index (Phi) is 5.11. The van der Waals surface area contributed by atoms with Gasteiger partial charge >= 0.3 is 5.97 Å². The third kappa shape index (κ3) is 4.16. The van der Waals surface area contributed by atoms with E-state index in [1.54, 1.807) is 6.20 Å². The molecule has 0 atom stereocenters. The largest absolute Gasteiger partial charge is 0.468 e. The average molecular weight is 288 g/mol. The van der Waals surface area contributed by atoms with Crippen molar-refractivity contribution in [1.29, 1.82) is 0 Å². The zero-order chi connectivity index (χ0) is 15.2. The summed E-state index contributed by atoms with van der Waals surface area (Å²) in [5, 5.41) is 0. The summed E-state index contributed by atoms with van der Waals surface area (Å²) in [6.45, 7) is 4.73. The first-order chi connectivity index (χ1) is 10.1. The van der Waals surface area contributed by atoms with Crippen LogP contribution in [0.15, 0.2) is 40.9 Å². The van der Waals surface area contributed by atoms with Gasteiger partial charge in [-0.1, -0.05) is 30.3 Å². The van der Waals surface area contributed by atoms with Crippen LogP contribution in [0.5, 0.6) is 0 Å². The maximum absolute atomic E-state index is 11.4. The van der Waals surface area contributed by atoms with Gasteiger partial charge in [-0.3, -0.25) is 9.69 Å². The van der Waals surface area contributed by atoms with Gasteiger partial charge in [-0.25, -0.2) is 4.98 Å². The van der Waals surface area contributed by atoms with E-state index in [1.807, 2.05) is 49.1 Å². The molecule has 1 heterocycles. The molecule has 112 valence electrons. The summed E-state index contributed by atoms with van der Waals surface area (Å²) in [7, 11) is 1.39. The van der Waals surface area contributed by atoms with Crippen molar-refractivity contribution in [3.63, 3.8) is 0 Å². The van der Waals surface area contributed by atoms with Crippen molar-refractivity contribution in [2.75, 3.05) is 13.7 Å². The Labute approximate surface area is 124 Å². The second kappa shape index (κ2) is 7.04. The Morgan fingerprint density at radius 2 is 2.05 bits per heavy atom. The zero-order valence-corrected chi connectivity index (χ0v) is 12.6. The summed E-state index contributed by atoms with van der Waals surface area (Å²) < 4.78 is 10.5. The van der Waals surface area contributed by atoms with Crippen LogP contribution < -0.4 is 0 Å². The number of esters is 1. The second-order valence-electron chi connectivity index (χ2n) is 5.06. The third-order valence-electron chi connectivity index (χ3n) is 3.24. The van der Waals surface area contributed by atoms with Crippen molar-refractivity contribution < 1.29 is 13.9 Å². The minimum absolute atomic E-state index is 0.191. The lowest BCUT2D eigenvalue weighted by atomic mass is 10.2. The van der Waals surface area contributed by atoms with Gasteiger partial charge in [0.1, 0.15) is 0 Å². The summed E-state index contributed by atoms with van der Waals surface area (Å²) in [6, 6.07) is 10.00. The van der Waals surface area contributed by atoms with Gasteiger partial charge in [0.25, 0.3) is 0 Å². The summed E-state index contributed by atoms with van der Waals surface area (Å²) in [6.07, 6.45) is 1.71. The fourth-order valence-corrected chi connectivity index (χ4v) is 1.94. The molecule has 0 N–H and O–H groups in total. The molecule has 0 fully saturated rings. The lowest BCUT2D eigenvalue weighted by Gasteiger charge is -2.23. The highest BCUT2D eigenvalue weighted by Crippen LogP contribution is 2.20. The van der Waals surface area contributed by atoms with E-state index >= 15 is 0 Å². The Morgan fingerprint density at radius 1 is 1.33 bits per heavy atom. The predicted octanol–water partition coefficient (Wildman–Crippen LogP) is 2.73. The number of ether oxygens (including phenoxy) is 1. The van der Waals surface area contributed by atoms with Crippen LogP contribution in [0.25, 0.3) is 11.3 Å². The first-order valence-corrected chi connectivity index (χ1v) is 6.91. The van der Waals surface area contributed by atoms with Crippen molar-refractivity contribution in [2.45, 2.75) is 26.4 Å². The Morgan fingerprint density at radius 3 is 2.67 bits per heavy atom. The fourth-order valence-electron chi connectivity index (χ4n) is 1.94. The molecule has 0 bridgehead atoms. The van der Waals surface area contributed by atoms with Gasteiger partial charge in [0.15, 0.2) is 5.76 Å². The van der Waals surface area contributed by atoms with Crippen LogP contribution in [0.1, 0.15) is 19.7 Å². The Balaban J connectivity index is 2.08. The third-order valence-corrected chi connectivity index (χ3v) is 3.24. The topological polar surface area (TPSA) is 55.6 Å². The van der Waals surface area contributed by atoms with Crippen molar-refractivity contribution >= 4 is 5.97 Å². The van der Waals surface area contributed by atoms with Crippen molar-refractivity contribution in [3.05, 3.63) is 42.4 Å². The SMILES string of the molecule is COC(=O)CN(Cc1ncc(-c2ccccc2)o1)C(C)C. The minimum Gasteiger partial charge on any atom is -0.468 e. The number of carbonyl (C=O) groups is 1. The highest BCUT2D eigenvalue weighted by atomic mass is 16.5. The molecule has 0 aliphatic heterocycles. The lowest BCUT2D eigenvalue weighted by molar-refractivity contribution is -0.142. The minimum atomic E-state index is -0.265. The fraction of sp³-hybridized carbons (Fsp3) is 0.375. The molecule has 0 radical (unpaired) electrons. The number of carbonyl (C=O) groups excluding carboxylic acids is 1. The van der Waals surface area contributed by atoms with Gasteiger partial charge in [0.05, 0.1) is 26.4 Å². The van der Waals surface area contributed by atoms with E-state index in [-0.39, 0.29) is 18.6 Å². The number of aromatic nitrogens is 1. The smallest absolute Gasteiger partial charge is 0.319 e. The molecule has 0 saturated carbocycles. The van der Waals surface area contributed by atoms with Crippen LogP contribution in [0, 0.1) is 0 Å². The van der Waals surface area contributed by atoms with Crippen LogP contribution in [-0.4, -0.2) is 35.5 Å². The molecule has 5 heteroatoms. The average Bonchev–Trinajstić information content (AvgIpc) is 2.95. The molecule has 0 saturated heterocycles. The van der Waals surface area contributed by atoms with Crippen molar-refractivity contribution in [3.8, 4) is 11.3 Å². The van der Waals surface area contributed by atoms with Crippen LogP contribution in [0.4, 0.5) is 0 Å². The standard InChI is InChI=1S/C16H20N2O3/c1-12(2)18(11-16(19)20-3)10-15-17-9-14(21-15)13-7-5-4-6-8-13/h4-9,12H,10-11H2,1-3H3. The van der Waals surface area contributed by atoms with Gasteiger partial charge < -0.3 is 9.15 Å². The highest BCUT2D eigenvalue weighted by molar-refractivity contribution is 5.71. The summed E-state index contributed by atoms with van der Waals surface area (Å²) >= 11 is 0. The molecule has 0 spiro atoms. The van der Waals surface area contributed by atoms with Crippen LogP contribution in [-0.2, 0) is 16.1 Å². The van der Waals surface area contributed by atoms with Crippen LogP contribution >= 0.6 is 0 Å². The van der Waals surface area contributed by atoms with E-state index in [4.69, 9.17) is 9.15 Å². The monoisotopic (exact) mass is 288 g/mol. The molecule has 0 amide bonds. The van der Waals surface area contributed by atoms with Gasteiger partial charge in [0, 0.05) is 11.6 Å². The van der Waals surface area contributed by atoms with Gasteiger partial charge in [-0.15, -0.1) is 0 Å². The van der Waals surface area contributed by atoms with Gasteiger partial charge in [-0.2, -0.15) is 0 Å². The molecule has 2 rings (SSSR count). The van der Waals surface area contributed by atoms with E-state index in [0.29, 0.717) is 12.4 Å². The molecule has 5 nitrogen and oxygen atoms in total. The lowest BCUT2D eigenvalue weighted by Crippen LogP contribution is -2.35. The zero-order valence-electron chi connectivity index (χ0n) is 12.6. The second-order valence-corrected chi connectivity index (χ2v) is 5.06. The van der Waals surface area contributed by atoms with Gasteiger partial charge in [0.2, 0.25) is 5.89 Å². The van der Waals surface area contributed by atoms with Crippen LogP contribution in [0.3, 0.4) is 0 Å². The number of benzene rings is 1. The number of oxazole rings is 1. The molecule has 2 aromatic rings. The maximum Gasteiger partial charge on any atom is 0.319 e. The number of methoxy groups -OCH3 is 1. The van der Waals surface area contributed by atoms with Crippen molar-refractivity contribution in [2.24, 2.45) is 0 Å². The summed E-state index contributed by atoms with van der Waals surface area (Å²) in [5.74, 6) is 1.05. The molecule has 0 unspecified atom stereocenters. The maximum atomic E-state index is 11.4. The first-order valence-electron chi connectivity index (χ1n) is 6.91. The summed E-state index contributed by atoms with van der Waals surface area (Å²) in [4.78, 5) is 17.7. The van der Waals surface area contributed by atoms with E-state index < -0.39 is 0 Å². The number of hydrogen-bond donors (Lipinski definition) is 0. The van der Waals surface area contributed by atoms with E-state index in [9.17, 15) is 4.79 Å². The molecule has 21 heavy (non-hydrogen) atoms. The number of nitrogens with zero attached hydrogens (tertiary/aromatic N) is 2.